The van der Waals surface area contributed by atoms with Gasteiger partial charge in [-0.25, -0.2) is 0 Å². The second kappa shape index (κ2) is 6.72. The third-order valence-electron chi connectivity index (χ3n) is 3.50. The molecule has 1 heterocycles. The lowest BCUT2D eigenvalue weighted by atomic mass is 10.0. The molecule has 1 unspecified atom stereocenters. The summed E-state index contributed by atoms with van der Waals surface area (Å²) in [6.45, 7) is 0.626. The van der Waals surface area contributed by atoms with Gasteiger partial charge in [0.1, 0.15) is 5.75 Å². The molecule has 4 heteroatoms. The highest BCUT2D eigenvalue weighted by atomic mass is 32.1. The summed E-state index contributed by atoms with van der Waals surface area (Å²) in [7, 11) is 0. The van der Waals surface area contributed by atoms with Gasteiger partial charge in [-0.05, 0) is 34.5 Å². The second-order valence-corrected chi connectivity index (χ2v) is 5.77. The predicted octanol–water partition coefficient (Wildman–Crippen LogP) is 3.87. The summed E-state index contributed by atoms with van der Waals surface area (Å²) in [6, 6.07) is 18.4. The molecular weight excluding hydrogens is 280 g/mol. The van der Waals surface area contributed by atoms with Crippen LogP contribution in [0.15, 0.2) is 60.0 Å². The predicted molar refractivity (Wildman–Crippen MR) is 88.4 cm³/mol. The van der Waals surface area contributed by atoms with Crippen molar-refractivity contribution in [1.29, 1.82) is 0 Å². The Labute approximate surface area is 128 Å². The third kappa shape index (κ3) is 3.24. The molecule has 0 aliphatic carbocycles. The molecular formula is C17H18N2OS. The Bertz CT molecular complexity index is 696. The fourth-order valence-corrected chi connectivity index (χ4v) is 3.40. The number of hydrazine groups is 1. The number of para-hydroxylation sites is 1. The van der Waals surface area contributed by atoms with E-state index in [2.05, 4.69) is 35.1 Å². The number of nitrogens with two attached hydrogens (primary N) is 1. The van der Waals surface area contributed by atoms with E-state index in [1.54, 1.807) is 11.3 Å². The van der Waals surface area contributed by atoms with Gasteiger partial charge < -0.3 is 4.74 Å². The summed E-state index contributed by atoms with van der Waals surface area (Å²) < 4.78 is 7.05. The van der Waals surface area contributed by atoms with Gasteiger partial charge in [-0.15, -0.1) is 11.3 Å². The molecule has 0 bridgehead atoms. The minimum Gasteiger partial charge on any atom is -0.494 e. The Morgan fingerprint density at radius 1 is 1.05 bits per heavy atom. The first-order chi connectivity index (χ1) is 10.4. The minimum absolute atomic E-state index is 0.0936. The van der Waals surface area contributed by atoms with Crippen molar-refractivity contribution >= 4 is 21.4 Å². The van der Waals surface area contributed by atoms with Gasteiger partial charge in [0.25, 0.3) is 0 Å². The molecule has 0 aliphatic heterocycles. The van der Waals surface area contributed by atoms with Crippen molar-refractivity contribution in [2.75, 3.05) is 6.61 Å². The number of nitrogens with one attached hydrogen (secondary N) is 1. The molecule has 2 aromatic carbocycles. The topological polar surface area (TPSA) is 47.3 Å². The highest BCUT2D eigenvalue weighted by Crippen LogP contribution is 2.30. The van der Waals surface area contributed by atoms with Gasteiger partial charge in [-0.2, -0.15) is 0 Å². The average Bonchev–Trinajstić information content (AvgIpc) is 3.01. The zero-order valence-corrected chi connectivity index (χ0v) is 12.5. The quantitative estimate of drug-likeness (QED) is 0.536. The van der Waals surface area contributed by atoms with Crippen molar-refractivity contribution in [3.05, 3.63) is 65.5 Å². The van der Waals surface area contributed by atoms with Crippen LogP contribution in [0.4, 0.5) is 0 Å². The monoisotopic (exact) mass is 298 g/mol. The van der Waals surface area contributed by atoms with E-state index < -0.39 is 0 Å². The number of rotatable bonds is 6. The van der Waals surface area contributed by atoms with Crippen LogP contribution in [0, 0.1) is 0 Å². The van der Waals surface area contributed by atoms with E-state index in [0.29, 0.717) is 6.61 Å². The largest absolute Gasteiger partial charge is 0.494 e. The van der Waals surface area contributed by atoms with Crippen LogP contribution < -0.4 is 16.0 Å². The Morgan fingerprint density at radius 2 is 1.90 bits per heavy atom. The van der Waals surface area contributed by atoms with Crippen LogP contribution in [-0.4, -0.2) is 6.61 Å². The number of benzene rings is 2. The van der Waals surface area contributed by atoms with E-state index in [1.807, 2.05) is 30.3 Å². The van der Waals surface area contributed by atoms with Crippen molar-refractivity contribution in [3.63, 3.8) is 0 Å². The smallest absolute Gasteiger partial charge is 0.119 e. The molecule has 3 N–H and O–H groups in total. The first-order valence-electron chi connectivity index (χ1n) is 6.98. The SMILES string of the molecule is NNC(CCOc1ccccc1)c1cccc2ccsc12. The van der Waals surface area contributed by atoms with Gasteiger partial charge in [0.15, 0.2) is 0 Å². The van der Waals surface area contributed by atoms with Gasteiger partial charge in [0.2, 0.25) is 0 Å². The van der Waals surface area contributed by atoms with Crippen molar-refractivity contribution < 1.29 is 4.74 Å². The van der Waals surface area contributed by atoms with Gasteiger partial charge in [0, 0.05) is 11.1 Å². The van der Waals surface area contributed by atoms with E-state index in [0.717, 1.165) is 12.2 Å². The zero-order chi connectivity index (χ0) is 14.5. The highest BCUT2D eigenvalue weighted by Gasteiger charge is 2.13. The first kappa shape index (κ1) is 14.1. The van der Waals surface area contributed by atoms with Crippen LogP contribution in [0.2, 0.25) is 0 Å². The first-order valence-corrected chi connectivity index (χ1v) is 7.86. The van der Waals surface area contributed by atoms with Crippen molar-refractivity contribution in [3.8, 4) is 5.75 Å². The molecule has 3 nitrogen and oxygen atoms in total. The number of ether oxygens (including phenoxy) is 1. The molecule has 0 amide bonds. The van der Waals surface area contributed by atoms with Crippen LogP contribution in [-0.2, 0) is 0 Å². The standard InChI is InChI=1S/C17H18N2OS/c18-19-16(9-11-20-14-6-2-1-3-7-14)15-8-4-5-13-10-12-21-17(13)15/h1-8,10,12,16,19H,9,11,18H2. The maximum atomic E-state index is 5.76. The summed E-state index contributed by atoms with van der Waals surface area (Å²) in [5.41, 5.74) is 4.15. The number of hydrogen-bond donors (Lipinski definition) is 2. The molecule has 0 saturated carbocycles. The maximum absolute atomic E-state index is 5.76. The Kier molecular flexibility index (Phi) is 4.50. The maximum Gasteiger partial charge on any atom is 0.119 e. The summed E-state index contributed by atoms with van der Waals surface area (Å²) in [5.74, 6) is 6.63. The van der Waals surface area contributed by atoms with Crippen LogP contribution in [0.5, 0.6) is 5.75 Å². The number of fused-ring (bicyclic) bond motifs is 1. The Balaban J connectivity index is 1.69. The molecule has 108 valence electrons. The lowest BCUT2D eigenvalue weighted by molar-refractivity contribution is 0.287. The van der Waals surface area contributed by atoms with Gasteiger partial charge in [-0.3, -0.25) is 11.3 Å². The highest BCUT2D eigenvalue weighted by molar-refractivity contribution is 7.17. The van der Waals surface area contributed by atoms with E-state index in [-0.39, 0.29) is 6.04 Å². The normalized spacial score (nSPS) is 12.4. The molecule has 0 radical (unpaired) electrons. The lowest BCUT2D eigenvalue weighted by Gasteiger charge is -2.17. The number of thiophene rings is 1. The van der Waals surface area contributed by atoms with E-state index in [4.69, 9.17) is 10.6 Å². The molecule has 21 heavy (non-hydrogen) atoms. The molecule has 1 atom stereocenters. The minimum atomic E-state index is 0.0936. The fourth-order valence-electron chi connectivity index (χ4n) is 2.43. The van der Waals surface area contributed by atoms with Gasteiger partial charge in [0.05, 0.1) is 12.6 Å². The number of hydrogen-bond acceptors (Lipinski definition) is 4. The lowest BCUT2D eigenvalue weighted by Crippen LogP contribution is -2.29. The van der Waals surface area contributed by atoms with E-state index in [1.165, 1.54) is 15.6 Å². The van der Waals surface area contributed by atoms with Crippen LogP contribution in [0.3, 0.4) is 0 Å². The summed E-state index contributed by atoms with van der Waals surface area (Å²) in [4.78, 5) is 0. The van der Waals surface area contributed by atoms with Crippen LogP contribution in [0.1, 0.15) is 18.0 Å². The summed E-state index contributed by atoms with van der Waals surface area (Å²) in [6.07, 6.45) is 0.822. The Hall–Kier alpha value is -1.88. The van der Waals surface area contributed by atoms with Crippen molar-refractivity contribution in [2.45, 2.75) is 12.5 Å². The molecule has 0 fully saturated rings. The molecule has 0 saturated heterocycles. The van der Waals surface area contributed by atoms with Gasteiger partial charge >= 0.3 is 0 Å². The molecule has 1 aromatic heterocycles. The molecule has 0 aliphatic rings. The molecule has 3 aromatic rings. The third-order valence-corrected chi connectivity index (χ3v) is 4.48. The van der Waals surface area contributed by atoms with Crippen molar-refractivity contribution in [2.24, 2.45) is 5.84 Å². The fraction of sp³-hybridized carbons (Fsp3) is 0.176. The Morgan fingerprint density at radius 3 is 2.71 bits per heavy atom. The van der Waals surface area contributed by atoms with Gasteiger partial charge in [-0.1, -0.05) is 36.4 Å². The average molecular weight is 298 g/mol. The van der Waals surface area contributed by atoms with E-state index in [9.17, 15) is 0 Å². The summed E-state index contributed by atoms with van der Waals surface area (Å²) >= 11 is 1.75. The zero-order valence-electron chi connectivity index (χ0n) is 11.7. The van der Waals surface area contributed by atoms with Crippen molar-refractivity contribution in [1.82, 2.24) is 5.43 Å². The molecule has 0 spiro atoms. The van der Waals surface area contributed by atoms with Crippen LogP contribution in [0.25, 0.3) is 10.1 Å². The van der Waals surface area contributed by atoms with Crippen LogP contribution >= 0.6 is 11.3 Å². The van der Waals surface area contributed by atoms with E-state index >= 15 is 0 Å². The second-order valence-electron chi connectivity index (χ2n) is 4.86. The summed E-state index contributed by atoms with van der Waals surface area (Å²) in [5, 5.41) is 3.38. The molecule has 3 rings (SSSR count).